The third-order valence-electron chi connectivity index (χ3n) is 3.22. The van der Waals surface area contributed by atoms with Crippen LogP contribution in [0.5, 0.6) is 0 Å². The highest BCUT2D eigenvalue weighted by molar-refractivity contribution is 5.61. The normalized spacial score (nSPS) is 17.1. The molecule has 0 radical (unpaired) electrons. The smallest absolute Gasteiger partial charge is 0.276 e. The molecule has 5 N–H and O–H groups in total. The van der Waals surface area contributed by atoms with Crippen LogP contribution in [0.3, 0.4) is 0 Å². The molecular formula is C11H20N6O. The first-order valence-corrected chi connectivity index (χ1v) is 6.23. The number of hydrogen-bond acceptors (Lipinski definition) is 6. The summed E-state index contributed by atoms with van der Waals surface area (Å²) in [6.07, 6.45) is 2.42. The fourth-order valence-electron chi connectivity index (χ4n) is 2.15. The van der Waals surface area contributed by atoms with Crippen LogP contribution in [0.1, 0.15) is 6.42 Å². The van der Waals surface area contributed by atoms with Crippen molar-refractivity contribution in [2.45, 2.75) is 6.42 Å². The van der Waals surface area contributed by atoms with Gasteiger partial charge in [0.2, 0.25) is 0 Å². The van der Waals surface area contributed by atoms with Crippen LogP contribution in [-0.4, -0.2) is 54.1 Å². The predicted molar refractivity (Wildman–Crippen MR) is 71.6 cm³/mol. The molecule has 0 unspecified atom stereocenters. The zero-order chi connectivity index (χ0) is 13.0. The predicted octanol–water partition coefficient (Wildman–Crippen LogP) is -1.18. The Morgan fingerprint density at radius 2 is 2.06 bits per heavy atom. The second-order valence-electron chi connectivity index (χ2n) is 4.44. The van der Waals surface area contributed by atoms with Crippen LogP contribution in [0.2, 0.25) is 0 Å². The number of aromatic nitrogens is 2. The van der Waals surface area contributed by atoms with E-state index in [1.54, 1.807) is 0 Å². The molecule has 1 aliphatic rings. The van der Waals surface area contributed by atoms with Gasteiger partial charge in [-0.1, -0.05) is 0 Å². The molecule has 1 aliphatic heterocycles. The number of hydrogen-bond donors (Lipinski definition) is 3. The average Bonchev–Trinajstić information content (AvgIpc) is 2.40. The van der Waals surface area contributed by atoms with Crippen LogP contribution < -0.4 is 21.9 Å². The Balaban J connectivity index is 1.97. The molecule has 0 aromatic carbocycles. The van der Waals surface area contributed by atoms with E-state index < -0.39 is 0 Å². The van der Waals surface area contributed by atoms with E-state index in [4.69, 9.17) is 11.5 Å². The summed E-state index contributed by atoms with van der Waals surface area (Å²) in [6.45, 7) is 5.34. The molecule has 0 saturated carbocycles. The van der Waals surface area contributed by atoms with Gasteiger partial charge < -0.3 is 21.4 Å². The maximum Gasteiger partial charge on any atom is 0.276 e. The van der Waals surface area contributed by atoms with Gasteiger partial charge in [0.25, 0.3) is 5.56 Å². The molecule has 0 amide bonds. The minimum Gasteiger partial charge on any atom is -0.391 e. The first kappa shape index (κ1) is 12.8. The Morgan fingerprint density at radius 3 is 2.72 bits per heavy atom. The summed E-state index contributed by atoms with van der Waals surface area (Å²) < 4.78 is 0. The van der Waals surface area contributed by atoms with E-state index in [9.17, 15) is 4.79 Å². The molecule has 1 aromatic heterocycles. The maximum absolute atomic E-state index is 11.4. The summed E-state index contributed by atoms with van der Waals surface area (Å²) in [4.78, 5) is 22.5. The molecule has 0 bridgehead atoms. The fraction of sp³-hybridized carbons (Fsp3) is 0.636. The molecule has 1 fully saturated rings. The number of H-pyrrole nitrogens is 1. The molecule has 1 saturated heterocycles. The van der Waals surface area contributed by atoms with Crippen molar-refractivity contribution in [1.29, 1.82) is 0 Å². The van der Waals surface area contributed by atoms with Crippen molar-refractivity contribution in [3.8, 4) is 0 Å². The lowest BCUT2D eigenvalue weighted by atomic mass is 10.2. The Morgan fingerprint density at radius 1 is 1.33 bits per heavy atom. The van der Waals surface area contributed by atoms with Gasteiger partial charge in [-0.2, -0.15) is 0 Å². The summed E-state index contributed by atoms with van der Waals surface area (Å²) in [5.41, 5.74) is 11.2. The number of anilines is 2. The van der Waals surface area contributed by atoms with Crippen molar-refractivity contribution in [2.75, 3.05) is 49.9 Å². The maximum atomic E-state index is 11.4. The Hall–Kier alpha value is -1.60. The molecule has 2 heterocycles. The highest BCUT2D eigenvalue weighted by Crippen LogP contribution is 2.16. The summed E-state index contributed by atoms with van der Waals surface area (Å²) in [7, 11) is 0. The van der Waals surface area contributed by atoms with Gasteiger partial charge in [-0.3, -0.25) is 9.69 Å². The van der Waals surface area contributed by atoms with Gasteiger partial charge in [-0.05, 0) is 19.5 Å². The topological polar surface area (TPSA) is 104 Å². The van der Waals surface area contributed by atoms with Crippen LogP contribution in [-0.2, 0) is 0 Å². The zero-order valence-electron chi connectivity index (χ0n) is 10.4. The van der Waals surface area contributed by atoms with Crippen molar-refractivity contribution in [1.82, 2.24) is 14.9 Å². The van der Waals surface area contributed by atoms with Crippen molar-refractivity contribution >= 4 is 11.5 Å². The fourth-order valence-corrected chi connectivity index (χ4v) is 2.15. The Labute approximate surface area is 106 Å². The van der Waals surface area contributed by atoms with Gasteiger partial charge in [0.1, 0.15) is 5.69 Å². The molecular weight excluding hydrogens is 232 g/mol. The minimum absolute atomic E-state index is 0.202. The van der Waals surface area contributed by atoms with Gasteiger partial charge in [0, 0.05) is 26.2 Å². The number of nitrogens with zero attached hydrogens (tertiary/aromatic N) is 3. The molecule has 1 aromatic rings. The van der Waals surface area contributed by atoms with E-state index >= 15 is 0 Å². The molecule has 18 heavy (non-hydrogen) atoms. The van der Waals surface area contributed by atoms with E-state index in [0.29, 0.717) is 5.82 Å². The second-order valence-corrected chi connectivity index (χ2v) is 4.44. The number of nitrogen functional groups attached to an aromatic ring is 1. The standard InChI is InChI=1S/C11H20N6O/c12-2-1-3-16-4-6-17(7-5-16)10-9(13)11(18)15-8-14-10/h8H,1-7,12-13H2,(H,14,15,18). The molecule has 2 rings (SSSR count). The van der Waals surface area contributed by atoms with E-state index in [1.165, 1.54) is 6.33 Å². The Kier molecular flexibility index (Phi) is 4.16. The van der Waals surface area contributed by atoms with Crippen LogP contribution in [0.4, 0.5) is 11.5 Å². The van der Waals surface area contributed by atoms with Crippen molar-refractivity contribution in [3.63, 3.8) is 0 Å². The molecule has 7 nitrogen and oxygen atoms in total. The van der Waals surface area contributed by atoms with Gasteiger partial charge in [0.15, 0.2) is 5.82 Å². The van der Waals surface area contributed by atoms with Crippen molar-refractivity contribution in [3.05, 3.63) is 16.7 Å². The lowest BCUT2D eigenvalue weighted by Gasteiger charge is -2.35. The molecule has 7 heteroatoms. The highest BCUT2D eigenvalue weighted by Gasteiger charge is 2.20. The quantitative estimate of drug-likeness (QED) is 0.623. The number of piperazine rings is 1. The van der Waals surface area contributed by atoms with Crippen molar-refractivity contribution in [2.24, 2.45) is 5.73 Å². The van der Waals surface area contributed by atoms with Crippen LogP contribution in [0.15, 0.2) is 11.1 Å². The van der Waals surface area contributed by atoms with Crippen LogP contribution in [0.25, 0.3) is 0 Å². The number of aromatic amines is 1. The molecule has 0 aliphatic carbocycles. The van der Waals surface area contributed by atoms with Crippen molar-refractivity contribution < 1.29 is 0 Å². The number of nitrogens with two attached hydrogens (primary N) is 2. The first-order valence-electron chi connectivity index (χ1n) is 6.23. The van der Waals surface area contributed by atoms with E-state index in [0.717, 1.165) is 45.7 Å². The van der Waals surface area contributed by atoms with Crippen LogP contribution >= 0.6 is 0 Å². The lowest BCUT2D eigenvalue weighted by Crippen LogP contribution is -2.47. The summed E-state index contributed by atoms with van der Waals surface area (Å²) >= 11 is 0. The van der Waals surface area contributed by atoms with Gasteiger partial charge in [0.05, 0.1) is 6.33 Å². The SMILES string of the molecule is NCCCN1CCN(c2nc[nH]c(=O)c2N)CC1. The van der Waals surface area contributed by atoms with Gasteiger partial charge in [-0.15, -0.1) is 0 Å². The monoisotopic (exact) mass is 252 g/mol. The lowest BCUT2D eigenvalue weighted by molar-refractivity contribution is 0.256. The second kappa shape index (κ2) is 5.83. The van der Waals surface area contributed by atoms with Gasteiger partial charge >= 0.3 is 0 Å². The largest absolute Gasteiger partial charge is 0.391 e. The third kappa shape index (κ3) is 2.80. The minimum atomic E-state index is -0.273. The molecule has 0 spiro atoms. The van der Waals surface area contributed by atoms with E-state index in [1.807, 2.05) is 0 Å². The zero-order valence-corrected chi connectivity index (χ0v) is 10.4. The summed E-state index contributed by atoms with van der Waals surface area (Å²) in [5.74, 6) is 0.595. The summed E-state index contributed by atoms with van der Waals surface area (Å²) in [6, 6.07) is 0. The van der Waals surface area contributed by atoms with Gasteiger partial charge in [-0.25, -0.2) is 4.98 Å². The average molecular weight is 252 g/mol. The number of nitrogens with one attached hydrogen (secondary N) is 1. The third-order valence-corrected chi connectivity index (χ3v) is 3.22. The first-order chi connectivity index (χ1) is 8.72. The number of rotatable bonds is 4. The van der Waals surface area contributed by atoms with E-state index in [2.05, 4.69) is 19.8 Å². The molecule has 100 valence electrons. The summed E-state index contributed by atoms with van der Waals surface area (Å²) in [5, 5.41) is 0. The van der Waals surface area contributed by atoms with Crippen LogP contribution in [0, 0.1) is 0 Å². The highest BCUT2D eigenvalue weighted by atomic mass is 16.1. The molecule has 0 atom stereocenters. The van der Waals surface area contributed by atoms with E-state index in [-0.39, 0.29) is 11.2 Å². The Bertz CT molecular complexity index is 437.